The summed E-state index contributed by atoms with van der Waals surface area (Å²) in [5.41, 5.74) is 5.36. The van der Waals surface area contributed by atoms with Crippen LogP contribution in [0.25, 0.3) is 0 Å². The number of anilines is 2. The summed E-state index contributed by atoms with van der Waals surface area (Å²) in [6.07, 6.45) is 4.62. The topological polar surface area (TPSA) is 107 Å². The number of carbonyl (C=O) groups is 1. The summed E-state index contributed by atoms with van der Waals surface area (Å²) in [4.78, 5) is 34.8. The number of piperazine rings is 1. The second-order valence-electron chi connectivity index (χ2n) is 6.68. The van der Waals surface area contributed by atoms with Crippen LogP contribution in [0.15, 0.2) is 10.9 Å². The summed E-state index contributed by atoms with van der Waals surface area (Å²) >= 11 is 0. The molecule has 24 heavy (non-hydrogen) atoms. The highest BCUT2D eigenvalue weighted by molar-refractivity contribution is 5.81. The lowest BCUT2D eigenvalue weighted by molar-refractivity contribution is -0.126. The van der Waals surface area contributed by atoms with E-state index in [9.17, 15) is 9.59 Å². The van der Waals surface area contributed by atoms with Crippen LogP contribution in [0.2, 0.25) is 0 Å². The average molecular weight is 334 g/mol. The average Bonchev–Trinajstić information content (AvgIpc) is 3.06. The number of amides is 1. The molecule has 4 N–H and O–H groups in total. The number of rotatable bonds is 4. The van der Waals surface area contributed by atoms with Gasteiger partial charge in [-0.25, -0.2) is 0 Å². The number of carbonyl (C=O) groups excluding carboxylic acids is 1. The molecular formula is C16H26N6O2. The Morgan fingerprint density at radius 1 is 1.33 bits per heavy atom. The number of aromatic amines is 1. The van der Waals surface area contributed by atoms with E-state index in [2.05, 4.69) is 20.2 Å². The SMILES string of the molecule is CC(C(=O)NC1CCCC1)N1CCN(c2cc(=O)[nH]c(N)n2)CC1. The maximum atomic E-state index is 12.4. The molecule has 1 aromatic rings. The van der Waals surface area contributed by atoms with Crippen molar-refractivity contribution < 1.29 is 4.79 Å². The van der Waals surface area contributed by atoms with Gasteiger partial charge in [0.2, 0.25) is 11.9 Å². The summed E-state index contributed by atoms with van der Waals surface area (Å²) in [5, 5.41) is 3.17. The van der Waals surface area contributed by atoms with Gasteiger partial charge in [-0.15, -0.1) is 0 Å². The first-order chi connectivity index (χ1) is 11.5. The van der Waals surface area contributed by atoms with Crippen LogP contribution in [0, 0.1) is 0 Å². The third-order valence-corrected chi connectivity index (χ3v) is 5.01. The molecule has 1 aliphatic carbocycles. The largest absolute Gasteiger partial charge is 0.369 e. The van der Waals surface area contributed by atoms with Crippen LogP contribution in [0.1, 0.15) is 32.6 Å². The molecule has 1 unspecified atom stereocenters. The Bertz CT molecular complexity index is 632. The Kier molecular flexibility index (Phi) is 5.03. The zero-order valence-electron chi connectivity index (χ0n) is 14.1. The third kappa shape index (κ3) is 3.87. The van der Waals surface area contributed by atoms with Gasteiger partial charge in [0.25, 0.3) is 5.56 Å². The standard InChI is InChI=1S/C16H26N6O2/c1-11(15(24)18-12-4-2-3-5-12)21-6-8-22(9-7-21)13-10-14(23)20-16(17)19-13/h10-12H,2-9H2,1H3,(H,18,24)(H3,17,19,20,23). The molecule has 0 bridgehead atoms. The third-order valence-electron chi connectivity index (χ3n) is 5.01. The first kappa shape index (κ1) is 16.8. The summed E-state index contributed by atoms with van der Waals surface area (Å²) in [7, 11) is 0. The van der Waals surface area contributed by atoms with Crippen molar-refractivity contribution in [2.45, 2.75) is 44.7 Å². The Morgan fingerprint density at radius 2 is 2.00 bits per heavy atom. The number of aromatic nitrogens is 2. The van der Waals surface area contributed by atoms with Crippen molar-refractivity contribution in [1.29, 1.82) is 0 Å². The van der Waals surface area contributed by atoms with E-state index >= 15 is 0 Å². The summed E-state index contributed by atoms with van der Waals surface area (Å²) in [6, 6.07) is 1.68. The van der Waals surface area contributed by atoms with E-state index in [1.807, 2.05) is 11.8 Å². The molecule has 132 valence electrons. The van der Waals surface area contributed by atoms with E-state index in [-0.39, 0.29) is 23.5 Å². The number of H-pyrrole nitrogens is 1. The number of hydrogen-bond donors (Lipinski definition) is 3. The van der Waals surface area contributed by atoms with Gasteiger partial charge in [-0.2, -0.15) is 4.98 Å². The van der Waals surface area contributed by atoms with Gasteiger partial charge in [-0.3, -0.25) is 19.5 Å². The van der Waals surface area contributed by atoms with Crippen molar-refractivity contribution in [2.75, 3.05) is 36.8 Å². The second kappa shape index (κ2) is 7.21. The van der Waals surface area contributed by atoms with Gasteiger partial charge in [0, 0.05) is 38.3 Å². The number of hydrogen-bond acceptors (Lipinski definition) is 6. The molecule has 1 atom stereocenters. The van der Waals surface area contributed by atoms with Gasteiger partial charge in [0.05, 0.1) is 6.04 Å². The van der Waals surface area contributed by atoms with E-state index in [1.54, 1.807) is 0 Å². The van der Waals surface area contributed by atoms with Gasteiger partial charge in [0.15, 0.2) is 0 Å². The number of nitrogens with one attached hydrogen (secondary N) is 2. The second-order valence-corrected chi connectivity index (χ2v) is 6.68. The first-order valence-corrected chi connectivity index (χ1v) is 8.69. The van der Waals surface area contributed by atoms with Gasteiger partial charge in [-0.05, 0) is 19.8 Å². The van der Waals surface area contributed by atoms with Gasteiger partial charge in [0.1, 0.15) is 5.82 Å². The number of nitrogens with zero attached hydrogens (tertiary/aromatic N) is 3. The molecule has 8 nitrogen and oxygen atoms in total. The molecule has 2 heterocycles. The molecular weight excluding hydrogens is 308 g/mol. The molecule has 3 rings (SSSR count). The fourth-order valence-electron chi connectivity index (χ4n) is 3.52. The van der Waals surface area contributed by atoms with Crippen LogP contribution in [0.5, 0.6) is 0 Å². The van der Waals surface area contributed by atoms with Gasteiger partial charge >= 0.3 is 0 Å². The molecule has 1 saturated carbocycles. The molecule has 1 amide bonds. The lowest BCUT2D eigenvalue weighted by atomic mass is 10.2. The quantitative estimate of drug-likeness (QED) is 0.711. The van der Waals surface area contributed by atoms with Crippen LogP contribution >= 0.6 is 0 Å². The van der Waals surface area contributed by atoms with Crippen LogP contribution in [0.4, 0.5) is 11.8 Å². The van der Waals surface area contributed by atoms with Crippen molar-refractivity contribution in [2.24, 2.45) is 0 Å². The Balaban J connectivity index is 1.54. The Hall–Kier alpha value is -2.09. The van der Waals surface area contributed by atoms with Crippen molar-refractivity contribution in [3.8, 4) is 0 Å². The fraction of sp³-hybridized carbons (Fsp3) is 0.688. The Labute approximate surface area is 141 Å². The first-order valence-electron chi connectivity index (χ1n) is 8.69. The van der Waals surface area contributed by atoms with E-state index in [0.29, 0.717) is 11.9 Å². The van der Waals surface area contributed by atoms with Gasteiger partial charge in [-0.1, -0.05) is 12.8 Å². The Morgan fingerprint density at radius 3 is 2.62 bits per heavy atom. The zero-order chi connectivity index (χ0) is 17.1. The number of nitrogens with two attached hydrogens (primary N) is 1. The summed E-state index contributed by atoms with van der Waals surface area (Å²) in [5.74, 6) is 0.845. The predicted octanol–water partition coefficient (Wildman–Crippen LogP) is -0.0786. The van der Waals surface area contributed by atoms with E-state index in [1.165, 1.54) is 18.9 Å². The van der Waals surface area contributed by atoms with Crippen molar-refractivity contribution in [3.05, 3.63) is 16.4 Å². The van der Waals surface area contributed by atoms with Gasteiger partial charge < -0.3 is 16.0 Å². The highest BCUT2D eigenvalue weighted by Gasteiger charge is 2.28. The summed E-state index contributed by atoms with van der Waals surface area (Å²) < 4.78 is 0. The van der Waals surface area contributed by atoms with Crippen molar-refractivity contribution in [1.82, 2.24) is 20.2 Å². The van der Waals surface area contributed by atoms with Crippen molar-refractivity contribution >= 4 is 17.7 Å². The molecule has 1 saturated heterocycles. The van der Waals surface area contributed by atoms with E-state index < -0.39 is 0 Å². The fourth-order valence-corrected chi connectivity index (χ4v) is 3.52. The predicted molar refractivity (Wildman–Crippen MR) is 92.9 cm³/mol. The molecule has 8 heteroatoms. The van der Waals surface area contributed by atoms with Crippen LogP contribution in [-0.4, -0.2) is 59.0 Å². The highest BCUT2D eigenvalue weighted by Crippen LogP contribution is 2.18. The van der Waals surface area contributed by atoms with E-state index in [4.69, 9.17) is 5.73 Å². The van der Waals surface area contributed by atoms with E-state index in [0.717, 1.165) is 39.0 Å². The van der Waals surface area contributed by atoms with Crippen molar-refractivity contribution in [3.63, 3.8) is 0 Å². The lowest BCUT2D eigenvalue weighted by Gasteiger charge is -2.38. The van der Waals surface area contributed by atoms with Crippen LogP contribution in [0.3, 0.4) is 0 Å². The number of nitrogen functional groups attached to an aromatic ring is 1. The molecule has 0 aromatic carbocycles. The molecule has 2 aliphatic rings. The minimum Gasteiger partial charge on any atom is -0.369 e. The molecule has 2 fully saturated rings. The minimum absolute atomic E-state index is 0.119. The molecule has 1 aliphatic heterocycles. The molecule has 0 spiro atoms. The minimum atomic E-state index is -0.246. The van der Waals surface area contributed by atoms with Crippen LogP contribution < -0.4 is 21.5 Å². The normalized spacial score (nSPS) is 21.0. The monoisotopic (exact) mass is 334 g/mol. The lowest BCUT2D eigenvalue weighted by Crippen LogP contribution is -2.55. The maximum Gasteiger partial charge on any atom is 0.254 e. The smallest absolute Gasteiger partial charge is 0.254 e. The summed E-state index contributed by atoms with van der Waals surface area (Å²) in [6.45, 7) is 4.92. The molecule has 0 radical (unpaired) electrons. The zero-order valence-corrected chi connectivity index (χ0v) is 14.1. The van der Waals surface area contributed by atoms with Crippen LogP contribution in [-0.2, 0) is 4.79 Å². The highest BCUT2D eigenvalue weighted by atomic mass is 16.2. The maximum absolute atomic E-state index is 12.4. The molecule has 1 aromatic heterocycles.